The molecule has 0 saturated carbocycles. The molecule has 0 atom stereocenters. The molecule has 1 fully saturated rings. The Morgan fingerprint density at radius 1 is 1.24 bits per heavy atom. The van der Waals surface area contributed by atoms with E-state index in [9.17, 15) is 4.79 Å². The number of benzene rings is 1. The largest absolute Gasteiger partial charge is 0.497 e. The van der Waals surface area contributed by atoms with Crippen molar-refractivity contribution in [2.24, 2.45) is 4.99 Å². The normalized spacial score (nSPS) is 17.4. The summed E-state index contributed by atoms with van der Waals surface area (Å²) in [5.74, 6) is 1.23. The summed E-state index contributed by atoms with van der Waals surface area (Å²) in [6, 6.07) is 9.11. The third-order valence-corrected chi connectivity index (χ3v) is 4.66. The maximum absolute atomic E-state index is 12.5. The van der Waals surface area contributed by atoms with Crippen LogP contribution in [0.5, 0.6) is 11.5 Å². The second-order valence-electron chi connectivity index (χ2n) is 5.19. The quantitative estimate of drug-likeness (QED) is 0.787. The van der Waals surface area contributed by atoms with Crippen LogP contribution >= 0.6 is 11.8 Å². The highest BCUT2D eigenvalue weighted by Crippen LogP contribution is 2.35. The molecule has 6 nitrogen and oxygen atoms in total. The molecular formula is C18H17N3O3S. The third-order valence-electron chi connectivity index (χ3n) is 3.60. The number of amidine groups is 1. The molecule has 0 unspecified atom stereocenters. The lowest BCUT2D eigenvalue weighted by Crippen LogP contribution is -2.23. The van der Waals surface area contributed by atoms with Gasteiger partial charge in [-0.25, -0.2) is 4.99 Å². The summed E-state index contributed by atoms with van der Waals surface area (Å²) in [6.07, 6.45) is 5.13. The second-order valence-corrected chi connectivity index (χ2v) is 6.20. The molecule has 25 heavy (non-hydrogen) atoms. The molecule has 0 bridgehead atoms. The van der Waals surface area contributed by atoms with Crippen molar-refractivity contribution >= 4 is 34.6 Å². The minimum Gasteiger partial charge on any atom is -0.497 e. The van der Waals surface area contributed by atoms with Gasteiger partial charge in [0.2, 0.25) is 0 Å². The number of ether oxygens (including phenoxy) is 2. The van der Waals surface area contributed by atoms with Crippen LogP contribution in [-0.2, 0) is 4.79 Å². The molecule has 1 aromatic carbocycles. The number of pyridine rings is 1. The van der Waals surface area contributed by atoms with Crippen LogP contribution < -0.4 is 9.47 Å². The highest BCUT2D eigenvalue weighted by Gasteiger charge is 2.30. The van der Waals surface area contributed by atoms with E-state index in [1.807, 2.05) is 18.2 Å². The number of nitrogens with zero attached hydrogens (tertiary/aromatic N) is 3. The number of rotatable bonds is 4. The molecule has 0 spiro atoms. The van der Waals surface area contributed by atoms with Gasteiger partial charge < -0.3 is 9.47 Å². The van der Waals surface area contributed by atoms with E-state index in [4.69, 9.17) is 9.47 Å². The van der Waals surface area contributed by atoms with Gasteiger partial charge in [-0.2, -0.15) is 0 Å². The smallest absolute Gasteiger partial charge is 0.266 e. The maximum Gasteiger partial charge on any atom is 0.266 e. The molecule has 3 rings (SSSR count). The molecule has 1 aromatic heterocycles. The molecule has 7 heteroatoms. The first-order valence-electron chi connectivity index (χ1n) is 7.50. The number of thioether (sulfide) groups is 1. The van der Waals surface area contributed by atoms with E-state index < -0.39 is 0 Å². The Morgan fingerprint density at radius 3 is 2.76 bits per heavy atom. The van der Waals surface area contributed by atoms with Crippen LogP contribution in [-0.4, -0.2) is 42.2 Å². The van der Waals surface area contributed by atoms with E-state index >= 15 is 0 Å². The van der Waals surface area contributed by atoms with Crippen molar-refractivity contribution in [3.05, 3.63) is 53.2 Å². The number of hydrogen-bond donors (Lipinski definition) is 0. The van der Waals surface area contributed by atoms with Gasteiger partial charge in [-0.15, -0.1) is 0 Å². The molecule has 0 aliphatic carbocycles. The summed E-state index contributed by atoms with van der Waals surface area (Å²) in [5, 5.41) is 0.608. The average Bonchev–Trinajstić information content (AvgIpc) is 2.91. The minimum absolute atomic E-state index is 0.106. The van der Waals surface area contributed by atoms with Gasteiger partial charge in [0.05, 0.1) is 31.0 Å². The summed E-state index contributed by atoms with van der Waals surface area (Å²) in [6.45, 7) is 0. The van der Waals surface area contributed by atoms with Crippen molar-refractivity contribution in [1.29, 1.82) is 0 Å². The highest BCUT2D eigenvalue weighted by atomic mass is 32.2. The first-order chi connectivity index (χ1) is 12.1. The maximum atomic E-state index is 12.5. The van der Waals surface area contributed by atoms with Crippen LogP contribution in [0.3, 0.4) is 0 Å². The van der Waals surface area contributed by atoms with Gasteiger partial charge in [0.1, 0.15) is 11.5 Å². The fraction of sp³-hybridized carbons (Fsp3) is 0.167. The lowest BCUT2D eigenvalue weighted by Gasteiger charge is -2.08. The summed E-state index contributed by atoms with van der Waals surface area (Å²) >= 11 is 1.32. The Morgan fingerprint density at radius 2 is 2.08 bits per heavy atom. The molecule has 128 valence electrons. The van der Waals surface area contributed by atoms with Gasteiger partial charge in [-0.1, -0.05) is 0 Å². The van der Waals surface area contributed by atoms with Gasteiger partial charge >= 0.3 is 0 Å². The molecule has 1 amide bonds. The van der Waals surface area contributed by atoms with Crippen LogP contribution in [0.15, 0.2) is 52.6 Å². The number of methoxy groups -OCH3 is 2. The van der Waals surface area contributed by atoms with Crippen molar-refractivity contribution in [3.63, 3.8) is 0 Å². The zero-order valence-corrected chi connectivity index (χ0v) is 14.9. The van der Waals surface area contributed by atoms with E-state index in [1.54, 1.807) is 51.9 Å². The Balaban J connectivity index is 1.92. The number of hydrogen-bond acceptors (Lipinski definition) is 6. The average molecular weight is 355 g/mol. The molecule has 2 aromatic rings. The van der Waals surface area contributed by atoms with E-state index in [2.05, 4.69) is 9.98 Å². The molecule has 1 aliphatic rings. The van der Waals surface area contributed by atoms with Gasteiger partial charge in [0.25, 0.3) is 5.91 Å². The van der Waals surface area contributed by atoms with E-state index in [0.717, 1.165) is 5.56 Å². The Labute approximate surface area is 150 Å². The molecule has 2 heterocycles. The lowest BCUT2D eigenvalue weighted by atomic mass is 10.1. The number of carbonyl (C=O) groups excluding carboxylic acids is 1. The Kier molecular flexibility index (Phi) is 5.04. The SMILES string of the molecule is COc1ccc(/C=C2\SC(=Nc3cccnc3)N(C)C2=O)c(OC)c1. The number of carbonyl (C=O) groups is 1. The van der Waals surface area contributed by atoms with Gasteiger partial charge in [-0.3, -0.25) is 14.7 Å². The predicted octanol–water partition coefficient (Wildman–Crippen LogP) is 3.33. The van der Waals surface area contributed by atoms with Crippen LogP contribution in [0.2, 0.25) is 0 Å². The molecule has 0 N–H and O–H groups in total. The summed E-state index contributed by atoms with van der Waals surface area (Å²) in [7, 11) is 4.89. The second kappa shape index (κ2) is 7.40. The predicted molar refractivity (Wildman–Crippen MR) is 99.2 cm³/mol. The summed E-state index contributed by atoms with van der Waals surface area (Å²) < 4.78 is 10.6. The van der Waals surface area contributed by atoms with E-state index in [0.29, 0.717) is 27.3 Å². The fourth-order valence-corrected chi connectivity index (χ4v) is 3.24. The Bertz CT molecular complexity index is 850. The number of amides is 1. The van der Waals surface area contributed by atoms with Gasteiger partial charge in [0, 0.05) is 24.9 Å². The Hall–Kier alpha value is -2.80. The van der Waals surface area contributed by atoms with Crippen LogP contribution in [0.1, 0.15) is 5.56 Å². The monoisotopic (exact) mass is 355 g/mol. The first kappa shape index (κ1) is 17.0. The molecule has 1 saturated heterocycles. The molecular weight excluding hydrogens is 338 g/mol. The van der Waals surface area contributed by atoms with Crippen LogP contribution in [0, 0.1) is 0 Å². The highest BCUT2D eigenvalue weighted by molar-refractivity contribution is 8.18. The first-order valence-corrected chi connectivity index (χ1v) is 8.32. The summed E-state index contributed by atoms with van der Waals surface area (Å²) in [5.41, 5.74) is 1.50. The van der Waals surface area contributed by atoms with Gasteiger partial charge in [-0.05, 0) is 42.1 Å². The van der Waals surface area contributed by atoms with Crippen molar-refractivity contribution in [2.75, 3.05) is 21.3 Å². The summed E-state index contributed by atoms with van der Waals surface area (Å²) in [4.78, 5) is 23.1. The number of aliphatic imine (C=N–C) groups is 1. The van der Waals surface area contributed by atoms with Crippen molar-refractivity contribution in [3.8, 4) is 11.5 Å². The lowest BCUT2D eigenvalue weighted by molar-refractivity contribution is -0.121. The van der Waals surface area contributed by atoms with E-state index in [-0.39, 0.29) is 5.91 Å². The number of likely N-dealkylation sites (N-methyl/N-ethyl adjacent to an activating group) is 1. The topological polar surface area (TPSA) is 64.0 Å². The zero-order chi connectivity index (χ0) is 17.8. The standard InChI is InChI=1S/C18H17N3O3S/c1-21-17(22)16(25-18(21)20-13-5-4-8-19-11-13)9-12-6-7-14(23-2)10-15(12)24-3/h4-11H,1-3H3/b16-9-,20-18?. The zero-order valence-electron chi connectivity index (χ0n) is 14.1. The van der Waals surface area contributed by atoms with Crippen LogP contribution in [0.25, 0.3) is 6.08 Å². The van der Waals surface area contributed by atoms with Gasteiger partial charge in [0.15, 0.2) is 5.17 Å². The van der Waals surface area contributed by atoms with Crippen molar-refractivity contribution in [2.45, 2.75) is 0 Å². The molecule has 0 radical (unpaired) electrons. The minimum atomic E-state index is -0.106. The fourth-order valence-electron chi connectivity index (χ4n) is 2.26. The van der Waals surface area contributed by atoms with Crippen molar-refractivity contribution < 1.29 is 14.3 Å². The van der Waals surface area contributed by atoms with Crippen LogP contribution in [0.4, 0.5) is 5.69 Å². The van der Waals surface area contributed by atoms with Crippen molar-refractivity contribution in [1.82, 2.24) is 9.88 Å². The number of aromatic nitrogens is 1. The third kappa shape index (κ3) is 3.66. The molecule has 1 aliphatic heterocycles. The van der Waals surface area contributed by atoms with E-state index in [1.165, 1.54) is 16.7 Å².